The van der Waals surface area contributed by atoms with Gasteiger partial charge in [0.25, 0.3) is 5.91 Å². The third-order valence-corrected chi connectivity index (χ3v) is 2.40. The smallest absolute Gasteiger partial charge is 0.354 e. The van der Waals surface area contributed by atoms with Crippen LogP contribution in [0.25, 0.3) is 0 Å². The monoisotopic (exact) mass is 221 g/mol. The first-order chi connectivity index (χ1) is 7.70. The number of hydrogen-bond acceptors (Lipinski definition) is 3. The lowest BCUT2D eigenvalue weighted by atomic mass is 10.2. The topological polar surface area (TPSA) is 86.3 Å². The first kappa shape index (κ1) is 10.4. The number of H-pyrrole nitrogens is 1. The molecule has 6 nitrogen and oxygen atoms in total. The maximum Gasteiger partial charge on any atom is 0.354 e. The van der Waals surface area contributed by atoms with Crippen LogP contribution in [-0.4, -0.2) is 44.9 Å². The fourth-order valence-electron chi connectivity index (χ4n) is 1.59. The van der Waals surface area contributed by atoms with Gasteiger partial charge in [0, 0.05) is 13.1 Å². The Labute approximate surface area is 91.6 Å². The zero-order valence-corrected chi connectivity index (χ0v) is 8.51. The predicted molar refractivity (Wildman–Crippen MR) is 55.2 cm³/mol. The molecule has 0 saturated carbocycles. The van der Waals surface area contributed by atoms with Gasteiger partial charge in [-0.3, -0.25) is 4.79 Å². The lowest BCUT2D eigenvalue weighted by Crippen LogP contribution is -2.34. The van der Waals surface area contributed by atoms with Gasteiger partial charge in [0.2, 0.25) is 0 Å². The second kappa shape index (κ2) is 4.18. The van der Waals surface area contributed by atoms with Gasteiger partial charge in [-0.1, -0.05) is 12.2 Å². The highest BCUT2D eigenvalue weighted by molar-refractivity contribution is 6.02. The molecule has 1 aromatic heterocycles. The number of aromatic nitrogens is 2. The Morgan fingerprint density at radius 2 is 2.25 bits per heavy atom. The van der Waals surface area contributed by atoms with E-state index in [2.05, 4.69) is 9.97 Å². The maximum absolute atomic E-state index is 11.9. The maximum atomic E-state index is 11.9. The summed E-state index contributed by atoms with van der Waals surface area (Å²) in [4.78, 5) is 30.5. The highest BCUT2D eigenvalue weighted by Gasteiger charge is 2.24. The summed E-state index contributed by atoms with van der Waals surface area (Å²) in [7, 11) is 0. The van der Waals surface area contributed by atoms with E-state index in [-0.39, 0.29) is 17.3 Å². The zero-order valence-electron chi connectivity index (χ0n) is 8.51. The van der Waals surface area contributed by atoms with Gasteiger partial charge in [0.05, 0.1) is 6.33 Å². The van der Waals surface area contributed by atoms with Crippen molar-refractivity contribution < 1.29 is 14.7 Å². The number of aromatic carboxylic acids is 1. The summed E-state index contributed by atoms with van der Waals surface area (Å²) < 4.78 is 0. The summed E-state index contributed by atoms with van der Waals surface area (Å²) in [5.74, 6) is -1.52. The molecule has 1 aliphatic rings. The molecule has 0 radical (unpaired) electrons. The molecule has 1 amide bonds. The summed E-state index contributed by atoms with van der Waals surface area (Å²) in [5.41, 5.74) is -0.178. The van der Waals surface area contributed by atoms with Gasteiger partial charge in [-0.15, -0.1) is 0 Å². The minimum Gasteiger partial charge on any atom is -0.477 e. The van der Waals surface area contributed by atoms with Crippen LogP contribution < -0.4 is 0 Å². The normalized spacial score (nSPS) is 15.1. The molecule has 0 bridgehead atoms. The first-order valence-corrected chi connectivity index (χ1v) is 4.91. The van der Waals surface area contributed by atoms with Crippen molar-refractivity contribution in [3.63, 3.8) is 0 Å². The number of amides is 1. The summed E-state index contributed by atoms with van der Waals surface area (Å²) in [6.07, 6.45) is 5.88. The highest BCUT2D eigenvalue weighted by atomic mass is 16.4. The summed E-state index contributed by atoms with van der Waals surface area (Å²) >= 11 is 0. The van der Waals surface area contributed by atoms with Gasteiger partial charge < -0.3 is 15.0 Å². The van der Waals surface area contributed by atoms with Crippen LogP contribution in [0.2, 0.25) is 0 Å². The number of nitrogens with one attached hydrogen (secondary N) is 1. The molecule has 84 valence electrons. The van der Waals surface area contributed by atoms with Crippen LogP contribution in [0, 0.1) is 0 Å². The Kier molecular flexibility index (Phi) is 2.72. The van der Waals surface area contributed by atoms with Crippen LogP contribution in [-0.2, 0) is 0 Å². The third kappa shape index (κ3) is 1.81. The van der Waals surface area contributed by atoms with Crippen molar-refractivity contribution >= 4 is 11.9 Å². The van der Waals surface area contributed by atoms with Crippen LogP contribution >= 0.6 is 0 Å². The predicted octanol–water partition coefficient (Wildman–Crippen LogP) is 0.510. The summed E-state index contributed by atoms with van der Waals surface area (Å²) in [5, 5.41) is 8.85. The second-order valence-electron chi connectivity index (χ2n) is 3.44. The number of carbonyl (C=O) groups is 2. The van der Waals surface area contributed by atoms with E-state index in [0.29, 0.717) is 13.1 Å². The Balaban J connectivity index is 2.23. The molecule has 0 saturated heterocycles. The molecule has 0 fully saturated rings. The molecule has 0 aliphatic carbocycles. The Hall–Kier alpha value is -2.11. The van der Waals surface area contributed by atoms with Crippen LogP contribution in [0.4, 0.5) is 0 Å². The van der Waals surface area contributed by atoms with E-state index in [4.69, 9.17) is 5.11 Å². The van der Waals surface area contributed by atoms with Crippen molar-refractivity contribution in [2.24, 2.45) is 0 Å². The van der Waals surface area contributed by atoms with Crippen LogP contribution in [0.1, 0.15) is 27.4 Å². The number of rotatable bonds is 2. The van der Waals surface area contributed by atoms with Crippen LogP contribution in [0.5, 0.6) is 0 Å². The third-order valence-electron chi connectivity index (χ3n) is 2.40. The highest BCUT2D eigenvalue weighted by Crippen LogP contribution is 2.10. The van der Waals surface area contributed by atoms with Crippen molar-refractivity contribution in [1.82, 2.24) is 14.9 Å². The quantitative estimate of drug-likeness (QED) is 0.712. The van der Waals surface area contributed by atoms with E-state index in [0.717, 1.165) is 6.42 Å². The molecule has 0 aromatic carbocycles. The Morgan fingerprint density at radius 3 is 2.88 bits per heavy atom. The van der Waals surface area contributed by atoms with E-state index in [1.807, 2.05) is 12.2 Å². The first-order valence-electron chi connectivity index (χ1n) is 4.91. The number of aromatic amines is 1. The molecule has 6 heteroatoms. The number of carbonyl (C=O) groups excluding carboxylic acids is 1. The zero-order chi connectivity index (χ0) is 11.5. The minimum atomic E-state index is -1.17. The van der Waals surface area contributed by atoms with Gasteiger partial charge in [-0.2, -0.15) is 0 Å². The van der Waals surface area contributed by atoms with Crippen molar-refractivity contribution in [3.05, 3.63) is 29.9 Å². The Bertz CT molecular complexity index is 450. The van der Waals surface area contributed by atoms with Crippen molar-refractivity contribution in [2.45, 2.75) is 6.42 Å². The molecule has 1 aliphatic heterocycles. The Morgan fingerprint density at radius 1 is 1.44 bits per heavy atom. The molecule has 2 heterocycles. The number of carboxylic acids is 1. The van der Waals surface area contributed by atoms with Gasteiger partial charge in [-0.05, 0) is 6.42 Å². The molecule has 16 heavy (non-hydrogen) atoms. The van der Waals surface area contributed by atoms with Gasteiger partial charge >= 0.3 is 5.97 Å². The minimum absolute atomic E-state index is 0.0252. The lowest BCUT2D eigenvalue weighted by molar-refractivity contribution is 0.0671. The summed E-state index contributed by atoms with van der Waals surface area (Å²) in [6.45, 7) is 1.10. The van der Waals surface area contributed by atoms with E-state index in [1.165, 1.54) is 6.33 Å². The van der Waals surface area contributed by atoms with Gasteiger partial charge in [0.15, 0.2) is 11.4 Å². The van der Waals surface area contributed by atoms with Gasteiger partial charge in [0.1, 0.15) is 0 Å². The van der Waals surface area contributed by atoms with Crippen molar-refractivity contribution in [1.29, 1.82) is 0 Å². The molecule has 1 aromatic rings. The molecule has 0 atom stereocenters. The second-order valence-corrected chi connectivity index (χ2v) is 3.44. The van der Waals surface area contributed by atoms with Crippen molar-refractivity contribution in [3.8, 4) is 0 Å². The number of carboxylic acid groups (broad SMARTS) is 1. The van der Waals surface area contributed by atoms with Crippen molar-refractivity contribution in [2.75, 3.05) is 13.1 Å². The molecule has 2 rings (SSSR count). The fourth-order valence-corrected chi connectivity index (χ4v) is 1.59. The average molecular weight is 221 g/mol. The molecular weight excluding hydrogens is 210 g/mol. The molecule has 2 N–H and O–H groups in total. The number of hydrogen-bond donors (Lipinski definition) is 2. The summed E-state index contributed by atoms with van der Waals surface area (Å²) in [6, 6.07) is 0. The fraction of sp³-hybridized carbons (Fsp3) is 0.300. The molecule has 0 unspecified atom stereocenters. The van der Waals surface area contributed by atoms with Crippen LogP contribution in [0.3, 0.4) is 0 Å². The largest absolute Gasteiger partial charge is 0.477 e. The van der Waals surface area contributed by atoms with E-state index in [1.54, 1.807) is 4.90 Å². The standard InChI is InChI=1S/C10H11N3O3/c14-9(13-4-2-1-3-5-13)7-8(10(15)16)12-6-11-7/h1-2,6H,3-5H2,(H,11,12)(H,15,16). The van der Waals surface area contributed by atoms with E-state index < -0.39 is 5.97 Å². The van der Waals surface area contributed by atoms with E-state index >= 15 is 0 Å². The van der Waals surface area contributed by atoms with Gasteiger partial charge in [-0.25, -0.2) is 9.78 Å². The van der Waals surface area contributed by atoms with Crippen LogP contribution in [0.15, 0.2) is 18.5 Å². The molecule has 0 spiro atoms. The number of nitrogens with zero attached hydrogens (tertiary/aromatic N) is 2. The number of imidazole rings is 1. The van der Waals surface area contributed by atoms with E-state index in [9.17, 15) is 9.59 Å². The molecular formula is C10H11N3O3. The lowest BCUT2D eigenvalue weighted by Gasteiger charge is -2.22. The average Bonchev–Trinajstić information content (AvgIpc) is 2.78. The SMILES string of the molecule is O=C(O)c1[nH]cnc1C(=O)N1CC=CCC1.